The molecule has 0 aliphatic carbocycles. The summed E-state index contributed by atoms with van der Waals surface area (Å²) in [7, 11) is -3.77. The maximum absolute atomic E-state index is 13.0. The summed E-state index contributed by atoms with van der Waals surface area (Å²) < 4.78 is 27.0. The van der Waals surface area contributed by atoms with Crippen molar-refractivity contribution < 1.29 is 13.2 Å². The standard InChI is InChI=1S/C21H25N5O3S/c1-3-15-10-22-11-17(15)19(27)12-23-20-13-24-21-18(25-20)8-9-26(21)30(28,29)16-6-4-14(2)5-7-16/h4-9,13,15,17,22H,3,10-12H2,1-2H3,(H,23,25)/t15-,17+/m1/s1. The van der Waals surface area contributed by atoms with Crippen molar-refractivity contribution in [2.45, 2.75) is 25.2 Å². The maximum atomic E-state index is 13.0. The fourth-order valence-corrected chi connectivity index (χ4v) is 5.13. The van der Waals surface area contributed by atoms with Crippen molar-refractivity contribution in [2.24, 2.45) is 11.8 Å². The molecule has 0 bridgehead atoms. The Hall–Kier alpha value is -2.78. The van der Waals surface area contributed by atoms with Crippen LogP contribution in [0.25, 0.3) is 11.2 Å². The van der Waals surface area contributed by atoms with E-state index < -0.39 is 10.0 Å². The number of rotatable bonds is 7. The highest BCUT2D eigenvalue weighted by molar-refractivity contribution is 7.90. The van der Waals surface area contributed by atoms with Gasteiger partial charge in [0, 0.05) is 18.7 Å². The molecular formula is C21H25N5O3S. The van der Waals surface area contributed by atoms with Crippen molar-refractivity contribution in [1.29, 1.82) is 0 Å². The average molecular weight is 428 g/mol. The van der Waals surface area contributed by atoms with Crippen molar-refractivity contribution in [2.75, 3.05) is 25.0 Å². The van der Waals surface area contributed by atoms with Crippen molar-refractivity contribution in [3.63, 3.8) is 0 Å². The normalized spacial score (nSPS) is 19.3. The number of anilines is 1. The molecule has 1 saturated heterocycles. The summed E-state index contributed by atoms with van der Waals surface area (Å²) in [5, 5.41) is 6.31. The maximum Gasteiger partial charge on any atom is 0.269 e. The number of aryl methyl sites for hydroxylation is 1. The SMILES string of the molecule is CC[C@@H]1CNC[C@@H]1C(=O)CNc1cnc2c(ccn2S(=O)(=O)c2ccc(C)cc2)n1. The van der Waals surface area contributed by atoms with Crippen molar-refractivity contribution in [3.8, 4) is 0 Å². The molecule has 0 radical (unpaired) electrons. The van der Waals surface area contributed by atoms with Gasteiger partial charge in [0.15, 0.2) is 11.4 Å². The van der Waals surface area contributed by atoms with E-state index in [0.29, 0.717) is 23.8 Å². The summed E-state index contributed by atoms with van der Waals surface area (Å²) in [6.07, 6.45) is 3.88. The largest absolute Gasteiger partial charge is 0.362 e. The Morgan fingerprint density at radius 3 is 2.73 bits per heavy atom. The second-order valence-electron chi connectivity index (χ2n) is 7.65. The van der Waals surface area contributed by atoms with E-state index in [1.165, 1.54) is 12.4 Å². The highest BCUT2D eigenvalue weighted by atomic mass is 32.2. The fraction of sp³-hybridized carbons (Fsp3) is 0.381. The number of hydrogen-bond donors (Lipinski definition) is 2. The molecule has 1 aliphatic heterocycles. The Labute approximate surface area is 175 Å². The van der Waals surface area contributed by atoms with E-state index in [0.717, 1.165) is 22.5 Å². The molecule has 0 amide bonds. The smallest absolute Gasteiger partial charge is 0.269 e. The van der Waals surface area contributed by atoms with Crippen LogP contribution in [0.5, 0.6) is 0 Å². The number of fused-ring (bicyclic) bond motifs is 1. The van der Waals surface area contributed by atoms with Crippen LogP contribution in [0, 0.1) is 18.8 Å². The zero-order valence-electron chi connectivity index (χ0n) is 17.0. The van der Waals surface area contributed by atoms with Gasteiger partial charge < -0.3 is 10.6 Å². The molecule has 1 aliphatic rings. The number of Topliss-reactive ketones (excluding diaryl/α,β-unsaturated/α-hetero) is 1. The van der Waals surface area contributed by atoms with Crippen LogP contribution in [0.1, 0.15) is 18.9 Å². The number of benzene rings is 1. The molecule has 158 valence electrons. The van der Waals surface area contributed by atoms with Crippen LogP contribution >= 0.6 is 0 Å². The van der Waals surface area contributed by atoms with Crippen LogP contribution in [0.4, 0.5) is 5.82 Å². The van der Waals surface area contributed by atoms with Crippen molar-refractivity contribution in [1.82, 2.24) is 19.3 Å². The third-order valence-electron chi connectivity index (χ3n) is 5.65. The molecule has 30 heavy (non-hydrogen) atoms. The number of carbonyl (C=O) groups is 1. The van der Waals surface area contributed by atoms with Crippen molar-refractivity contribution in [3.05, 3.63) is 48.3 Å². The molecule has 3 heterocycles. The number of aromatic nitrogens is 3. The van der Waals surface area contributed by atoms with Gasteiger partial charge in [-0.25, -0.2) is 22.4 Å². The van der Waals surface area contributed by atoms with E-state index in [1.54, 1.807) is 30.3 Å². The molecule has 2 aromatic heterocycles. The van der Waals surface area contributed by atoms with Gasteiger partial charge in [0.1, 0.15) is 11.3 Å². The molecule has 4 rings (SSSR count). The number of hydrogen-bond acceptors (Lipinski definition) is 7. The van der Waals surface area contributed by atoms with Crippen LogP contribution in [0.15, 0.2) is 47.6 Å². The van der Waals surface area contributed by atoms with Gasteiger partial charge in [0.2, 0.25) is 0 Å². The lowest BCUT2D eigenvalue weighted by molar-refractivity contribution is -0.121. The minimum Gasteiger partial charge on any atom is -0.362 e. The molecule has 2 N–H and O–H groups in total. The fourth-order valence-electron chi connectivity index (χ4n) is 3.84. The van der Waals surface area contributed by atoms with E-state index >= 15 is 0 Å². The average Bonchev–Trinajstić information content (AvgIpc) is 3.39. The monoisotopic (exact) mass is 427 g/mol. The van der Waals surface area contributed by atoms with E-state index in [-0.39, 0.29) is 28.8 Å². The topological polar surface area (TPSA) is 106 Å². The molecule has 0 saturated carbocycles. The highest BCUT2D eigenvalue weighted by Crippen LogP contribution is 2.23. The van der Waals surface area contributed by atoms with Gasteiger partial charge in [-0.2, -0.15) is 0 Å². The first kappa shape index (κ1) is 20.5. The van der Waals surface area contributed by atoms with Crippen LogP contribution in [0.3, 0.4) is 0 Å². The summed E-state index contributed by atoms with van der Waals surface area (Å²) in [4.78, 5) is 21.4. The third-order valence-corrected chi connectivity index (χ3v) is 7.34. The predicted molar refractivity (Wildman–Crippen MR) is 115 cm³/mol. The minimum atomic E-state index is -3.77. The second kappa shape index (κ2) is 8.16. The second-order valence-corrected chi connectivity index (χ2v) is 9.46. The molecular weight excluding hydrogens is 402 g/mol. The van der Waals surface area contributed by atoms with Crippen LogP contribution in [0.2, 0.25) is 0 Å². The van der Waals surface area contributed by atoms with Crippen LogP contribution in [-0.4, -0.2) is 47.8 Å². The van der Waals surface area contributed by atoms with E-state index in [2.05, 4.69) is 27.5 Å². The first-order valence-corrected chi connectivity index (χ1v) is 11.5. The number of carbonyl (C=O) groups excluding carboxylic acids is 1. The molecule has 1 fully saturated rings. The lowest BCUT2D eigenvalue weighted by Gasteiger charge is -2.15. The predicted octanol–water partition coefficient (Wildman–Crippen LogP) is 2.20. The Kier molecular flexibility index (Phi) is 5.57. The first-order chi connectivity index (χ1) is 14.4. The summed E-state index contributed by atoms with van der Waals surface area (Å²) in [6.45, 7) is 5.76. The number of ketones is 1. The van der Waals surface area contributed by atoms with E-state index in [9.17, 15) is 13.2 Å². The van der Waals surface area contributed by atoms with Gasteiger partial charge in [-0.05, 0) is 37.6 Å². The zero-order chi connectivity index (χ0) is 21.3. The van der Waals surface area contributed by atoms with Crippen LogP contribution < -0.4 is 10.6 Å². The van der Waals surface area contributed by atoms with Gasteiger partial charge in [-0.15, -0.1) is 0 Å². The Bertz CT molecular complexity index is 1170. The molecule has 0 unspecified atom stereocenters. The molecule has 9 heteroatoms. The number of nitrogens with one attached hydrogen (secondary N) is 2. The summed E-state index contributed by atoms with van der Waals surface area (Å²) in [6, 6.07) is 8.27. The Morgan fingerprint density at radius 1 is 1.23 bits per heavy atom. The first-order valence-electron chi connectivity index (χ1n) is 10.0. The lowest BCUT2D eigenvalue weighted by Crippen LogP contribution is -2.28. The van der Waals surface area contributed by atoms with Crippen LogP contribution in [-0.2, 0) is 14.8 Å². The molecule has 0 spiro atoms. The zero-order valence-corrected chi connectivity index (χ0v) is 17.8. The number of nitrogens with zero attached hydrogens (tertiary/aromatic N) is 3. The summed E-state index contributed by atoms with van der Waals surface area (Å²) in [5.74, 6) is 0.974. The Morgan fingerprint density at radius 2 is 2.00 bits per heavy atom. The highest BCUT2D eigenvalue weighted by Gasteiger charge is 2.31. The minimum absolute atomic E-state index is 0.0138. The summed E-state index contributed by atoms with van der Waals surface area (Å²) in [5.41, 5.74) is 1.67. The molecule has 1 aromatic carbocycles. The Balaban J connectivity index is 1.52. The molecule has 8 nitrogen and oxygen atoms in total. The molecule has 3 aromatic rings. The van der Waals surface area contributed by atoms with E-state index in [1.807, 2.05) is 6.92 Å². The van der Waals surface area contributed by atoms with Gasteiger partial charge in [0.05, 0.1) is 17.6 Å². The van der Waals surface area contributed by atoms with Gasteiger partial charge in [-0.3, -0.25) is 4.79 Å². The van der Waals surface area contributed by atoms with Gasteiger partial charge >= 0.3 is 0 Å². The van der Waals surface area contributed by atoms with E-state index in [4.69, 9.17) is 0 Å². The van der Waals surface area contributed by atoms with Gasteiger partial charge in [-0.1, -0.05) is 31.0 Å². The van der Waals surface area contributed by atoms with Gasteiger partial charge in [0.25, 0.3) is 10.0 Å². The molecule has 2 atom stereocenters. The third kappa shape index (κ3) is 3.82. The lowest BCUT2D eigenvalue weighted by atomic mass is 9.90. The quantitative estimate of drug-likeness (QED) is 0.595. The van der Waals surface area contributed by atoms with Crippen molar-refractivity contribution >= 4 is 32.8 Å². The summed E-state index contributed by atoms with van der Waals surface area (Å²) >= 11 is 0.